The quantitative estimate of drug-likeness (QED) is 0.741. The summed E-state index contributed by atoms with van der Waals surface area (Å²) in [4.78, 5) is 52.2. The molecule has 3 aliphatic heterocycles. The van der Waals surface area contributed by atoms with E-state index in [2.05, 4.69) is 17.6 Å². The number of likely N-dealkylation sites (tertiary alicyclic amines) is 1. The Morgan fingerprint density at radius 2 is 2.07 bits per heavy atom. The Labute approximate surface area is 169 Å². The van der Waals surface area contributed by atoms with Crippen molar-refractivity contribution in [3.05, 3.63) is 29.3 Å². The Morgan fingerprint density at radius 3 is 2.83 bits per heavy atom. The van der Waals surface area contributed by atoms with E-state index in [0.29, 0.717) is 30.1 Å². The fourth-order valence-electron chi connectivity index (χ4n) is 4.37. The molecule has 0 bridgehead atoms. The maximum atomic E-state index is 12.9. The summed E-state index contributed by atoms with van der Waals surface area (Å²) in [5, 5.41) is 5.44. The Kier molecular flexibility index (Phi) is 5.25. The van der Waals surface area contributed by atoms with Crippen molar-refractivity contribution in [2.45, 2.75) is 45.2 Å². The first kappa shape index (κ1) is 19.4. The summed E-state index contributed by atoms with van der Waals surface area (Å²) in [5.74, 6) is -0.330. The van der Waals surface area contributed by atoms with Gasteiger partial charge in [0, 0.05) is 37.3 Å². The van der Waals surface area contributed by atoms with Gasteiger partial charge < -0.3 is 15.1 Å². The molecule has 0 spiro atoms. The fourth-order valence-corrected chi connectivity index (χ4v) is 4.37. The van der Waals surface area contributed by atoms with E-state index in [1.165, 1.54) is 4.90 Å². The summed E-state index contributed by atoms with van der Waals surface area (Å²) in [7, 11) is 0. The van der Waals surface area contributed by atoms with Crippen molar-refractivity contribution in [2.24, 2.45) is 5.92 Å². The highest BCUT2D eigenvalue weighted by molar-refractivity contribution is 6.05. The van der Waals surface area contributed by atoms with Crippen LogP contribution < -0.4 is 10.6 Å². The number of carbonyl (C=O) groups excluding carboxylic acids is 4. The lowest BCUT2D eigenvalue weighted by Crippen LogP contribution is -2.52. The number of imide groups is 1. The van der Waals surface area contributed by atoms with Crippen LogP contribution in [-0.2, 0) is 20.9 Å². The van der Waals surface area contributed by atoms with E-state index in [4.69, 9.17) is 0 Å². The van der Waals surface area contributed by atoms with Crippen LogP contribution in [0.1, 0.15) is 48.5 Å². The number of anilines is 1. The third-order valence-electron chi connectivity index (χ3n) is 5.98. The molecule has 1 aromatic rings. The molecule has 8 heteroatoms. The number of nitrogens with one attached hydrogen (secondary N) is 2. The van der Waals surface area contributed by atoms with Gasteiger partial charge in [0.2, 0.25) is 17.7 Å². The van der Waals surface area contributed by atoms with Gasteiger partial charge in [-0.1, -0.05) is 13.0 Å². The van der Waals surface area contributed by atoms with Crippen LogP contribution in [0.25, 0.3) is 0 Å². The van der Waals surface area contributed by atoms with Crippen LogP contribution in [0.4, 0.5) is 5.69 Å². The van der Waals surface area contributed by atoms with Crippen LogP contribution in [0.15, 0.2) is 18.2 Å². The van der Waals surface area contributed by atoms with Gasteiger partial charge in [-0.15, -0.1) is 0 Å². The zero-order valence-corrected chi connectivity index (χ0v) is 16.6. The van der Waals surface area contributed by atoms with Crippen LogP contribution in [0.2, 0.25) is 0 Å². The van der Waals surface area contributed by atoms with Crippen molar-refractivity contribution in [3.63, 3.8) is 0 Å². The Bertz CT molecular complexity index is 868. The third kappa shape index (κ3) is 3.97. The van der Waals surface area contributed by atoms with Gasteiger partial charge in [0.1, 0.15) is 6.04 Å². The number of amides is 4. The Balaban J connectivity index is 1.39. The highest BCUT2D eigenvalue weighted by Crippen LogP contribution is 2.29. The molecule has 2 N–H and O–H groups in total. The maximum absolute atomic E-state index is 12.9. The molecule has 1 aromatic carbocycles. The minimum atomic E-state index is -0.619. The maximum Gasteiger partial charge on any atom is 0.255 e. The minimum Gasteiger partial charge on any atom is -0.376 e. The molecule has 2 saturated heterocycles. The second-order valence-electron chi connectivity index (χ2n) is 8.21. The number of hydrogen-bond donors (Lipinski definition) is 2. The number of nitrogens with zero attached hydrogens (tertiary/aromatic N) is 2. The lowest BCUT2D eigenvalue weighted by atomic mass is 10.0. The van der Waals surface area contributed by atoms with E-state index >= 15 is 0 Å². The molecular weight excluding hydrogens is 372 g/mol. The van der Waals surface area contributed by atoms with Crippen molar-refractivity contribution < 1.29 is 19.2 Å². The lowest BCUT2D eigenvalue weighted by Gasteiger charge is -2.31. The predicted molar refractivity (Wildman–Crippen MR) is 106 cm³/mol. The summed E-state index contributed by atoms with van der Waals surface area (Å²) in [6.45, 7) is 4.30. The van der Waals surface area contributed by atoms with Crippen molar-refractivity contribution >= 4 is 29.3 Å². The Hall–Kier alpha value is -2.90. The minimum absolute atomic E-state index is 0.0635. The smallest absolute Gasteiger partial charge is 0.255 e. The normalized spacial score (nSPS) is 24.4. The van der Waals surface area contributed by atoms with Crippen molar-refractivity contribution in [1.29, 1.82) is 0 Å². The Morgan fingerprint density at radius 1 is 1.24 bits per heavy atom. The van der Waals surface area contributed by atoms with Gasteiger partial charge in [-0.25, -0.2) is 0 Å². The van der Waals surface area contributed by atoms with Gasteiger partial charge in [-0.05, 0) is 42.9 Å². The first-order valence-corrected chi connectivity index (χ1v) is 10.2. The highest BCUT2D eigenvalue weighted by Gasteiger charge is 2.39. The van der Waals surface area contributed by atoms with E-state index in [1.54, 1.807) is 6.07 Å². The molecule has 2 atom stereocenters. The van der Waals surface area contributed by atoms with Gasteiger partial charge in [0.05, 0.1) is 6.54 Å². The molecule has 0 aromatic heterocycles. The molecule has 0 saturated carbocycles. The zero-order valence-electron chi connectivity index (χ0n) is 16.6. The van der Waals surface area contributed by atoms with Crippen molar-refractivity contribution in [1.82, 2.24) is 15.1 Å². The van der Waals surface area contributed by atoms with Gasteiger partial charge in [0.25, 0.3) is 5.91 Å². The molecule has 2 unspecified atom stereocenters. The number of hydrogen-bond acceptors (Lipinski definition) is 5. The molecule has 0 radical (unpaired) electrons. The number of benzene rings is 1. The third-order valence-corrected chi connectivity index (χ3v) is 5.98. The predicted octanol–water partition coefficient (Wildman–Crippen LogP) is 1.12. The number of fused-ring (bicyclic) bond motifs is 1. The van der Waals surface area contributed by atoms with Crippen molar-refractivity contribution in [2.75, 3.05) is 25.0 Å². The largest absolute Gasteiger partial charge is 0.376 e. The van der Waals surface area contributed by atoms with Crippen LogP contribution in [-0.4, -0.2) is 59.1 Å². The van der Waals surface area contributed by atoms with Crippen LogP contribution in [0.5, 0.6) is 0 Å². The molecule has 2 fully saturated rings. The molecule has 4 amide bonds. The zero-order chi connectivity index (χ0) is 20.5. The molecule has 4 rings (SSSR count). The van der Waals surface area contributed by atoms with Gasteiger partial charge >= 0.3 is 0 Å². The van der Waals surface area contributed by atoms with E-state index < -0.39 is 11.9 Å². The summed E-state index contributed by atoms with van der Waals surface area (Å²) in [5.41, 5.74) is 2.10. The molecule has 154 valence electrons. The van der Waals surface area contributed by atoms with Gasteiger partial charge in [-0.3, -0.25) is 24.5 Å². The average Bonchev–Trinajstić information content (AvgIpc) is 3.02. The molecular formula is C21H26N4O4. The SMILES string of the molecule is CC1CCCN(C(=O)CNc2ccc3c(c2)C(=O)N(C2CCC(=O)NC2=O)C3)C1. The lowest BCUT2D eigenvalue weighted by molar-refractivity contribution is -0.137. The van der Waals surface area contributed by atoms with Crippen molar-refractivity contribution in [3.8, 4) is 0 Å². The molecule has 3 aliphatic rings. The van der Waals surface area contributed by atoms with Gasteiger partial charge in [0.15, 0.2) is 0 Å². The van der Waals surface area contributed by atoms with Gasteiger partial charge in [-0.2, -0.15) is 0 Å². The fraction of sp³-hybridized carbons (Fsp3) is 0.524. The van der Waals surface area contributed by atoms with E-state index in [-0.39, 0.29) is 30.7 Å². The molecule has 8 nitrogen and oxygen atoms in total. The topological polar surface area (TPSA) is 98.8 Å². The van der Waals surface area contributed by atoms with Crippen LogP contribution in [0.3, 0.4) is 0 Å². The number of rotatable bonds is 4. The summed E-state index contributed by atoms with van der Waals surface area (Å²) >= 11 is 0. The second kappa shape index (κ2) is 7.85. The number of piperidine rings is 2. The first-order chi connectivity index (χ1) is 13.9. The molecule has 0 aliphatic carbocycles. The summed E-state index contributed by atoms with van der Waals surface area (Å²) in [6.07, 6.45) is 2.78. The monoisotopic (exact) mass is 398 g/mol. The molecule has 29 heavy (non-hydrogen) atoms. The van der Waals surface area contributed by atoms with Crippen LogP contribution in [0, 0.1) is 5.92 Å². The standard InChI is InChI=1S/C21H26N4O4/c1-13-3-2-8-24(11-13)19(27)10-22-15-5-4-14-12-25(21(29)16(14)9-15)17-6-7-18(26)23-20(17)28/h4-5,9,13,17,22H,2-3,6-8,10-12H2,1H3,(H,23,26,28). The van der Waals surface area contributed by atoms with E-state index in [0.717, 1.165) is 31.5 Å². The van der Waals surface area contributed by atoms with E-state index in [1.807, 2.05) is 17.0 Å². The average molecular weight is 398 g/mol. The summed E-state index contributed by atoms with van der Waals surface area (Å²) in [6, 6.07) is 4.84. The number of carbonyl (C=O) groups is 4. The highest BCUT2D eigenvalue weighted by atomic mass is 16.2. The first-order valence-electron chi connectivity index (χ1n) is 10.2. The summed E-state index contributed by atoms with van der Waals surface area (Å²) < 4.78 is 0. The second-order valence-corrected chi connectivity index (χ2v) is 8.21. The molecule has 3 heterocycles. The van der Waals surface area contributed by atoms with Crippen LogP contribution >= 0.6 is 0 Å². The van der Waals surface area contributed by atoms with E-state index in [9.17, 15) is 19.2 Å².